The molecule has 1 aromatic carbocycles. The van der Waals surface area contributed by atoms with Crippen LogP contribution in [0, 0.1) is 6.92 Å². The van der Waals surface area contributed by atoms with E-state index in [9.17, 15) is 4.79 Å². The van der Waals surface area contributed by atoms with Crippen molar-refractivity contribution >= 4 is 12.1 Å². The van der Waals surface area contributed by atoms with Crippen LogP contribution in [0.1, 0.15) is 29.3 Å². The van der Waals surface area contributed by atoms with Gasteiger partial charge >= 0.3 is 0 Å². The highest BCUT2D eigenvalue weighted by Crippen LogP contribution is 2.02. The van der Waals surface area contributed by atoms with E-state index < -0.39 is 0 Å². The van der Waals surface area contributed by atoms with Gasteiger partial charge in [0.05, 0.1) is 0 Å². The van der Waals surface area contributed by atoms with Crippen LogP contribution < -0.4 is 5.43 Å². The lowest BCUT2D eigenvalue weighted by Gasteiger charge is -1.99. The second kappa shape index (κ2) is 5.17. The molecule has 0 aliphatic heterocycles. The molecular weight excluding hydrogens is 176 g/mol. The van der Waals surface area contributed by atoms with Gasteiger partial charge in [0.2, 0.25) is 0 Å². The van der Waals surface area contributed by atoms with Crippen LogP contribution in [0.25, 0.3) is 0 Å². The fourth-order valence-electron chi connectivity index (χ4n) is 0.965. The normalized spacial score (nSPS) is 10.4. The molecular formula is C11H14N2O. The van der Waals surface area contributed by atoms with E-state index in [1.54, 1.807) is 18.3 Å². The Hall–Kier alpha value is -1.64. The number of hydrogen-bond donors (Lipinski definition) is 1. The molecule has 3 nitrogen and oxygen atoms in total. The SMILES string of the molecule is CCC=NNC(=O)c1ccc(C)cc1. The second-order valence-electron chi connectivity index (χ2n) is 3.03. The van der Waals surface area contributed by atoms with E-state index in [1.807, 2.05) is 26.0 Å². The Morgan fingerprint density at radius 1 is 1.43 bits per heavy atom. The maximum absolute atomic E-state index is 11.4. The first-order chi connectivity index (χ1) is 6.74. The van der Waals surface area contributed by atoms with E-state index in [-0.39, 0.29) is 5.91 Å². The standard InChI is InChI=1S/C11H14N2O/c1-3-8-12-13-11(14)10-6-4-9(2)5-7-10/h4-8H,3H2,1-2H3,(H,13,14). The Bertz CT molecular complexity index is 328. The topological polar surface area (TPSA) is 41.5 Å². The summed E-state index contributed by atoms with van der Waals surface area (Å²) in [6, 6.07) is 7.37. The van der Waals surface area contributed by atoms with Crippen molar-refractivity contribution in [1.29, 1.82) is 0 Å². The second-order valence-corrected chi connectivity index (χ2v) is 3.03. The minimum absolute atomic E-state index is 0.172. The number of amides is 1. The van der Waals surface area contributed by atoms with Crippen LogP contribution in [0.5, 0.6) is 0 Å². The number of carbonyl (C=O) groups excluding carboxylic acids is 1. The summed E-state index contributed by atoms with van der Waals surface area (Å²) in [6.45, 7) is 3.94. The third-order valence-corrected chi connectivity index (χ3v) is 1.75. The van der Waals surface area contributed by atoms with Crippen LogP contribution in [-0.2, 0) is 0 Å². The van der Waals surface area contributed by atoms with Crippen molar-refractivity contribution in [2.75, 3.05) is 0 Å². The summed E-state index contributed by atoms with van der Waals surface area (Å²) in [5.74, 6) is -0.172. The van der Waals surface area contributed by atoms with Gasteiger partial charge in [0.25, 0.3) is 5.91 Å². The van der Waals surface area contributed by atoms with Gasteiger partial charge < -0.3 is 0 Å². The molecule has 1 N–H and O–H groups in total. The lowest BCUT2D eigenvalue weighted by atomic mass is 10.1. The molecule has 1 amide bonds. The molecule has 74 valence electrons. The molecule has 0 saturated carbocycles. The zero-order valence-corrected chi connectivity index (χ0v) is 8.45. The number of rotatable bonds is 3. The summed E-state index contributed by atoms with van der Waals surface area (Å²) >= 11 is 0. The molecule has 1 aromatic rings. The predicted molar refractivity (Wildman–Crippen MR) is 57.4 cm³/mol. The van der Waals surface area contributed by atoms with Gasteiger partial charge in [-0.15, -0.1) is 0 Å². The Balaban J connectivity index is 2.61. The van der Waals surface area contributed by atoms with Crippen molar-refractivity contribution in [3.8, 4) is 0 Å². The third-order valence-electron chi connectivity index (χ3n) is 1.75. The molecule has 0 saturated heterocycles. The fraction of sp³-hybridized carbons (Fsp3) is 0.273. The third kappa shape index (κ3) is 3.01. The molecule has 0 aliphatic carbocycles. The first-order valence-electron chi connectivity index (χ1n) is 4.62. The van der Waals surface area contributed by atoms with Crippen LogP contribution in [0.4, 0.5) is 0 Å². The first kappa shape index (κ1) is 10.4. The van der Waals surface area contributed by atoms with Crippen molar-refractivity contribution in [2.45, 2.75) is 20.3 Å². The molecule has 0 radical (unpaired) electrons. The Kier molecular flexibility index (Phi) is 3.85. The maximum Gasteiger partial charge on any atom is 0.271 e. The van der Waals surface area contributed by atoms with E-state index >= 15 is 0 Å². The smallest absolute Gasteiger partial charge is 0.267 e. The van der Waals surface area contributed by atoms with Gasteiger partial charge in [-0.25, -0.2) is 5.43 Å². The number of benzene rings is 1. The van der Waals surface area contributed by atoms with E-state index in [0.717, 1.165) is 12.0 Å². The number of hydrazone groups is 1. The summed E-state index contributed by atoms with van der Waals surface area (Å²) in [4.78, 5) is 11.4. The van der Waals surface area contributed by atoms with Crippen LogP contribution in [0.2, 0.25) is 0 Å². The summed E-state index contributed by atoms with van der Waals surface area (Å²) < 4.78 is 0. The minimum Gasteiger partial charge on any atom is -0.267 e. The van der Waals surface area contributed by atoms with Crippen LogP contribution in [0.3, 0.4) is 0 Å². The average Bonchev–Trinajstić information content (AvgIpc) is 2.19. The molecule has 0 aliphatic rings. The molecule has 0 bridgehead atoms. The molecule has 0 spiro atoms. The molecule has 0 unspecified atom stereocenters. The van der Waals surface area contributed by atoms with Crippen molar-refractivity contribution in [1.82, 2.24) is 5.43 Å². The number of carbonyl (C=O) groups is 1. The number of nitrogens with zero attached hydrogens (tertiary/aromatic N) is 1. The van der Waals surface area contributed by atoms with Crippen molar-refractivity contribution in [2.24, 2.45) is 5.10 Å². The quantitative estimate of drug-likeness (QED) is 0.575. The molecule has 0 atom stereocenters. The maximum atomic E-state index is 11.4. The van der Waals surface area contributed by atoms with Gasteiger partial charge in [-0.1, -0.05) is 24.6 Å². The zero-order valence-electron chi connectivity index (χ0n) is 8.45. The predicted octanol–water partition coefficient (Wildman–Crippen LogP) is 2.12. The molecule has 1 rings (SSSR count). The highest BCUT2D eigenvalue weighted by atomic mass is 16.2. The monoisotopic (exact) mass is 190 g/mol. The van der Waals surface area contributed by atoms with Crippen LogP contribution >= 0.6 is 0 Å². The fourth-order valence-corrected chi connectivity index (χ4v) is 0.965. The largest absolute Gasteiger partial charge is 0.271 e. The molecule has 0 heterocycles. The first-order valence-corrected chi connectivity index (χ1v) is 4.62. The number of aryl methyl sites for hydroxylation is 1. The van der Waals surface area contributed by atoms with Gasteiger partial charge in [0.1, 0.15) is 0 Å². The van der Waals surface area contributed by atoms with E-state index in [2.05, 4.69) is 10.5 Å². The summed E-state index contributed by atoms with van der Waals surface area (Å²) in [5, 5.41) is 3.76. The highest BCUT2D eigenvalue weighted by molar-refractivity contribution is 5.94. The van der Waals surface area contributed by atoms with Gasteiger partial charge in [0, 0.05) is 11.8 Å². The lowest BCUT2D eigenvalue weighted by molar-refractivity contribution is 0.0955. The summed E-state index contributed by atoms with van der Waals surface area (Å²) in [7, 11) is 0. The zero-order chi connectivity index (χ0) is 10.4. The van der Waals surface area contributed by atoms with Gasteiger partial charge in [-0.2, -0.15) is 5.10 Å². The van der Waals surface area contributed by atoms with E-state index in [0.29, 0.717) is 5.56 Å². The van der Waals surface area contributed by atoms with Crippen LogP contribution in [0.15, 0.2) is 29.4 Å². The molecule has 0 aromatic heterocycles. The lowest BCUT2D eigenvalue weighted by Crippen LogP contribution is -2.17. The summed E-state index contributed by atoms with van der Waals surface area (Å²) in [5.41, 5.74) is 4.22. The van der Waals surface area contributed by atoms with Gasteiger partial charge in [-0.05, 0) is 25.5 Å². The number of hydrogen-bond acceptors (Lipinski definition) is 2. The Morgan fingerprint density at radius 2 is 2.07 bits per heavy atom. The van der Waals surface area contributed by atoms with Gasteiger partial charge in [0.15, 0.2) is 0 Å². The molecule has 0 fully saturated rings. The van der Waals surface area contributed by atoms with Gasteiger partial charge in [-0.3, -0.25) is 4.79 Å². The van der Waals surface area contributed by atoms with Crippen LogP contribution in [-0.4, -0.2) is 12.1 Å². The summed E-state index contributed by atoms with van der Waals surface area (Å²) in [6.07, 6.45) is 2.47. The average molecular weight is 190 g/mol. The Morgan fingerprint density at radius 3 is 2.64 bits per heavy atom. The highest BCUT2D eigenvalue weighted by Gasteiger charge is 2.01. The van der Waals surface area contributed by atoms with Crippen molar-refractivity contribution in [3.05, 3.63) is 35.4 Å². The molecule has 14 heavy (non-hydrogen) atoms. The van der Waals surface area contributed by atoms with Crippen molar-refractivity contribution < 1.29 is 4.79 Å². The van der Waals surface area contributed by atoms with E-state index in [4.69, 9.17) is 0 Å². The van der Waals surface area contributed by atoms with Crippen molar-refractivity contribution in [3.63, 3.8) is 0 Å². The van der Waals surface area contributed by atoms with E-state index in [1.165, 1.54) is 0 Å². The number of nitrogens with one attached hydrogen (secondary N) is 1. The molecule has 3 heteroatoms. The Labute approximate surface area is 83.8 Å². The minimum atomic E-state index is -0.172.